The summed E-state index contributed by atoms with van der Waals surface area (Å²) in [6.07, 6.45) is 7.14. The van der Waals surface area contributed by atoms with Crippen molar-refractivity contribution in [2.24, 2.45) is 0 Å². The first kappa shape index (κ1) is 20.8. The van der Waals surface area contributed by atoms with Crippen LogP contribution in [-0.2, 0) is 17.9 Å². The van der Waals surface area contributed by atoms with E-state index < -0.39 is 0 Å². The van der Waals surface area contributed by atoms with E-state index in [4.69, 9.17) is 4.74 Å². The molecule has 2 aliphatic rings. The summed E-state index contributed by atoms with van der Waals surface area (Å²) in [5.41, 5.74) is 2.62. The first-order chi connectivity index (χ1) is 14.8. The Morgan fingerprint density at radius 2 is 1.37 bits per heavy atom. The molecule has 0 spiro atoms. The Morgan fingerprint density at radius 3 is 2.00 bits per heavy atom. The Bertz CT molecular complexity index is 791. The normalized spacial score (nSPS) is 18.3. The molecule has 0 unspecified atom stereocenters. The van der Waals surface area contributed by atoms with E-state index in [1.807, 2.05) is 29.4 Å². The largest absolute Gasteiger partial charge is 0.484 e. The fraction of sp³-hybridized carbons (Fsp3) is 0.500. The van der Waals surface area contributed by atoms with Crippen LogP contribution in [0.3, 0.4) is 0 Å². The SMILES string of the molecule is O=C(COc1ccc(CN2CCCN(Cc3ccncc3)CC2)cc1)N1CCCC1. The van der Waals surface area contributed by atoms with E-state index in [1.54, 1.807) is 0 Å². The van der Waals surface area contributed by atoms with Gasteiger partial charge in [-0.2, -0.15) is 0 Å². The van der Waals surface area contributed by atoms with Gasteiger partial charge in [0, 0.05) is 51.7 Å². The van der Waals surface area contributed by atoms with Crippen molar-refractivity contribution in [2.45, 2.75) is 32.4 Å². The van der Waals surface area contributed by atoms with Gasteiger partial charge in [0.25, 0.3) is 5.91 Å². The Hall–Kier alpha value is -2.44. The standard InChI is InChI=1S/C24H32N4O2/c29-24(28-14-1-2-15-28)20-30-23-6-4-21(5-7-23)18-26-12-3-13-27(17-16-26)19-22-8-10-25-11-9-22/h4-11H,1-3,12-20H2. The highest BCUT2D eigenvalue weighted by Gasteiger charge is 2.18. The number of carbonyl (C=O) groups excluding carboxylic acids is 1. The quantitative estimate of drug-likeness (QED) is 0.705. The van der Waals surface area contributed by atoms with Gasteiger partial charge < -0.3 is 9.64 Å². The number of amides is 1. The first-order valence-electron chi connectivity index (χ1n) is 11.1. The van der Waals surface area contributed by atoms with Gasteiger partial charge in [0.15, 0.2) is 6.61 Å². The summed E-state index contributed by atoms with van der Waals surface area (Å²) < 4.78 is 5.70. The number of pyridine rings is 1. The van der Waals surface area contributed by atoms with Crippen molar-refractivity contribution in [3.8, 4) is 5.75 Å². The zero-order valence-electron chi connectivity index (χ0n) is 17.7. The van der Waals surface area contributed by atoms with Gasteiger partial charge in [0.2, 0.25) is 0 Å². The number of rotatable bonds is 7. The predicted molar refractivity (Wildman–Crippen MR) is 117 cm³/mol. The molecule has 2 aromatic rings. The van der Waals surface area contributed by atoms with Crippen molar-refractivity contribution in [3.05, 3.63) is 59.9 Å². The van der Waals surface area contributed by atoms with Gasteiger partial charge in [0.1, 0.15) is 5.75 Å². The predicted octanol–water partition coefficient (Wildman–Crippen LogP) is 2.79. The van der Waals surface area contributed by atoms with Gasteiger partial charge in [-0.1, -0.05) is 12.1 Å². The highest BCUT2D eigenvalue weighted by molar-refractivity contribution is 5.78. The fourth-order valence-corrected chi connectivity index (χ4v) is 4.24. The minimum Gasteiger partial charge on any atom is -0.484 e. The lowest BCUT2D eigenvalue weighted by Crippen LogP contribution is -2.32. The average Bonchev–Trinajstić information content (AvgIpc) is 3.24. The maximum atomic E-state index is 12.1. The first-order valence-corrected chi connectivity index (χ1v) is 11.1. The Kier molecular flexibility index (Phi) is 7.32. The average molecular weight is 409 g/mol. The fourth-order valence-electron chi connectivity index (χ4n) is 4.24. The van der Waals surface area contributed by atoms with Crippen molar-refractivity contribution in [1.82, 2.24) is 19.7 Å². The second-order valence-corrected chi connectivity index (χ2v) is 8.28. The summed E-state index contributed by atoms with van der Waals surface area (Å²) in [4.78, 5) is 23.2. The zero-order chi connectivity index (χ0) is 20.6. The van der Waals surface area contributed by atoms with Crippen molar-refractivity contribution in [1.29, 1.82) is 0 Å². The van der Waals surface area contributed by atoms with Gasteiger partial charge in [-0.25, -0.2) is 0 Å². The summed E-state index contributed by atoms with van der Waals surface area (Å²) in [5, 5.41) is 0. The van der Waals surface area contributed by atoms with E-state index in [9.17, 15) is 4.79 Å². The Labute approximate surface area is 179 Å². The molecule has 0 bridgehead atoms. The number of likely N-dealkylation sites (tertiary alicyclic amines) is 1. The van der Waals surface area contributed by atoms with Crippen LogP contribution in [-0.4, -0.2) is 71.5 Å². The number of hydrogen-bond acceptors (Lipinski definition) is 5. The maximum absolute atomic E-state index is 12.1. The van der Waals surface area contributed by atoms with Crippen LogP contribution in [0.25, 0.3) is 0 Å². The van der Waals surface area contributed by atoms with Crippen molar-refractivity contribution in [3.63, 3.8) is 0 Å². The topological polar surface area (TPSA) is 48.9 Å². The molecule has 30 heavy (non-hydrogen) atoms. The van der Waals surface area contributed by atoms with Crippen LogP contribution in [0, 0.1) is 0 Å². The third kappa shape index (κ3) is 6.03. The lowest BCUT2D eigenvalue weighted by Gasteiger charge is -2.22. The molecule has 1 amide bonds. The maximum Gasteiger partial charge on any atom is 0.260 e. The minimum atomic E-state index is 0.0949. The molecule has 0 atom stereocenters. The number of aromatic nitrogens is 1. The van der Waals surface area contributed by atoms with Gasteiger partial charge >= 0.3 is 0 Å². The molecule has 160 valence electrons. The molecule has 0 aliphatic carbocycles. The van der Waals surface area contributed by atoms with Crippen molar-refractivity contribution >= 4 is 5.91 Å². The van der Waals surface area contributed by atoms with E-state index in [2.05, 4.69) is 39.0 Å². The summed E-state index contributed by atoms with van der Waals surface area (Å²) in [5.74, 6) is 0.864. The number of ether oxygens (including phenoxy) is 1. The highest BCUT2D eigenvalue weighted by atomic mass is 16.5. The van der Waals surface area contributed by atoms with E-state index in [0.717, 1.165) is 70.9 Å². The molecular formula is C24H32N4O2. The third-order valence-corrected chi connectivity index (χ3v) is 5.99. The van der Waals surface area contributed by atoms with Crippen LogP contribution >= 0.6 is 0 Å². The molecule has 4 rings (SSSR count). The van der Waals surface area contributed by atoms with E-state index in [-0.39, 0.29) is 12.5 Å². The molecule has 2 saturated heterocycles. The molecule has 3 heterocycles. The minimum absolute atomic E-state index is 0.0949. The third-order valence-electron chi connectivity index (χ3n) is 5.99. The van der Waals surface area contributed by atoms with Gasteiger partial charge in [-0.05, 0) is 67.7 Å². The molecule has 6 nitrogen and oxygen atoms in total. The smallest absolute Gasteiger partial charge is 0.260 e. The molecule has 1 aromatic heterocycles. The van der Waals surface area contributed by atoms with E-state index in [1.165, 1.54) is 17.5 Å². The summed E-state index contributed by atoms with van der Waals surface area (Å²) in [6, 6.07) is 12.4. The van der Waals surface area contributed by atoms with Crippen LogP contribution in [0.15, 0.2) is 48.8 Å². The van der Waals surface area contributed by atoms with Crippen molar-refractivity contribution < 1.29 is 9.53 Å². The van der Waals surface area contributed by atoms with Crippen molar-refractivity contribution in [2.75, 3.05) is 45.9 Å². The van der Waals surface area contributed by atoms with E-state index in [0.29, 0.717) is 0 Å². The molecular weight excluding hydrogens is 376 g/mol. The lowest BCUT2D eigenvalue weighted by molar-refractivity contribution is -0.132. The molecule has 0 N–H and O–H groups in total. The van der Waals surface area contributed by atoms with Crippen LogP contribution < -0.4 is 4.74 Å². The second kappa shape index (κ2) is 10.5. The second-order valence-electron chi connectivity index (χ2n) is 8.28. The molecule has 2 fully saturated rings. The number of carbonyl (C=O) groups is 1. The lowest BCUT2D eigenvalue weighted by atomic mass is 10.2. The molecule has 2 aliphatic heterocycles. The van der Waals surface area contributed by atoms with Crippen LogP contribution in [0.5, 0.6) is 5.75 Å². The van der Waals surface area contributed by atoms with Gasteiger partial charge in [0.05, 0.1) is 0 Å². The van der Waals surface area contributed by atoms with Gasteiger partial charge in [-0.15, -0.1) is 0 Å². The summed E-state index contributed by atoms with van der Waals surface area (Å²) >= 11 is 0. The summed E-state index contributed by atoms with van der Waals surface area (Å²) in [6.45, 7) is 8.25. The molecule has 0 radical (unpaired) electrons. The van der Waals surface area contributed by atoms with Crippen LogP contribution in [0.4, 0.5) is 0 Å². The number of hydrogen-bond donors (Lipinski definition) is 0. The van der Waals surface area contributed by atoms with E-state index >= 15 is 0 Å². The zero-order valence-corrected chi connectivity index (χ0v) is 17.7. The van der Waals surface area contributed by atoms with Crippen LogP contribution in [0.1, 0.15) is 30.4 Å². The number of benzene rings is 1. The van der Waals surface area contributed by atoms with Gasteiger partial charge in [-0.3, -0.25) is 19.6 Å². The molecule has 6 heteroatoms. The Balaban J connectivity index is 1.21. The summed E-state index contributed by atoms with van der Waals surface area (Å²) in [7, 11) is 0. The Morgan fingerprint density at radius 1 is 0.767 bits per heavy atom. The monoisotopic (exact) mass is 408 g/mol. The number of nitrogens with zero attached hydrogens (tertiary/aromatic N) is 4. The highest BCUT2D eigenvalue weighted by Crippen LogP contribution is 2.16. The molecule has 1 aromatic carbocycles. The molecule has 0 saturated carbocycles. The van der Waals surface area contributed by atoms with Crippen LogP contribution in [0.2, 0.25) is 0 Å².